The molecule has 0 saturated heterocycles. The fourth-order valence-electron chi connectivity index (χ4n) is 2.33. The van der Waals surface area contributed by atoms with Crippen LogP contribution in [0.5, 0.6) is 11.5 Å². The Bertz CT molecular complexity index is 700. The number of hydrogen-bond acceptors (Lipinski definition) is 3. The van der Waals surface area contributed by atoms with Gasteiger partial charge in [0.25, 0.3) is 0 Å². The first-order valence-corrected chi connectivity index (χ1v) is 7.17. The minimum atomic E-state index is -1.36. The van der Waals surface area contributed by atoms with E-state index in [0.717, 1.165) is 6.42 Å². The fourth-order valence-corrected chi connectivity index (χ4v) is 2.33. The van der Waals surface area contributed by atoms with Gasteiger partial charge in [-0.25, -0.2) is 4.79 Å². The van der Waals surface area contributed by atoms with Gasteiger partial charge in [-0.15, -0.1) is 0 Å². The van der Waals surface area contributed by atoms with Crippen LogP contribution in [0, 0.1) is 0 Å². The number of carboxylic acid groups (broad SMARTS) is 1. The van der Waals surface area contributed by atoms with Gasteiger partial charge in [0.2, 0.25) is 0 Å². The Balaban J connectivity index is 2.50. The second-order valence-corrected chi connectivity index (χ2v) is 5.98. The Morgan fingerprint density at radius 2 is 1.64 bits per heavy atom. The number of rotatable bonds is 4. The van der Waals surface area contributed by atoms with Crippen molar-refractivity contribution in [3.05, 3.63) is 47.5 Å². The second-order valence-electron chi connectivity index (χ2n) is 5.98. The van der Waals surface area contributed by atoms with Gasteiger partial charge in [-0.05, 0) is 35.1 Å². The molecule has 0 aliphatic carbocycles. The monoisotopic (exact) mass is 300 g/mol. The molecule has 0 amide bonds. The first-order chi connectivity index (χ1) is 10.3. The number of phenols is 2. The van der Waals surface area contributed by atoms with Gasteiger partial charge in [0.1, 0.15) is 17.1 Å². The highest BCUT2D eigenvalue weighted by Gasteiger charge is 2.21. The van der Waals surface area contributed by atoms with Crippen LogP contribution in [0.2, 0.25) is 0 Å². The van der Waals surface area contributed by atoms with Crippen molar-refractivity contribution < 1.29 is 20.1 Å². The number of carboxylic acids is 1. The zero-order valence-corrected chi connectivity index (χ0v) is 12.9. The summed E-state index contributed by atoms with van der Waals surface area (Å²) in [5, 5.41) is 28.8. The van der Waals surface area contributed by atoms with Gasteiger partial charge in [0.05, 0.1) is 0 Å². The Hall–Kier alpha value is -2.49. The van der Waals surface area contributed by atoms with Crippen molar-refractivity contribution >= 4 is 5.97 Å². The molecule has 0 fully saturated rings. The summed E-state index contributed by atoms with van der Waals surface area (Å²) in [4.78, 5) is 11.1. The number of hydrogen-bond donors (Lipinski definition) is 3. The summed E-state index contributed by atoms with van der Waals surface area (Å²) in [6, 6.07) is 10.4. The summed E-state index contributed by atoms with van der Waals surface area (Å²) in [5.74, 6) is -2.23. The molecule has 0 atom stereocenters. The van der Waals surface area contributed by atoms with E-state index >= 15 is 0 Å². The number of benzene rings is 2. The first kappa shape index (κ1) is 15.9. The molecule has 2 aromatic rings. The predicted octanol–water partition coefficient (Wildman–Crippen LogP) is 4.15. The lowest BCUT2D eigenvalue weighted by Gasteiger charge is -2.23. The van der Waals surface area contributed by atoms with Gasteiger partial charge >= 0.3 is 5.97 Å². The average molecular weight is 300 g/mol. The van der Waals surface area contributed by atoms with Crippen molar-refractivity contribution in [3.63, 3.8) is 0 Å². The quantitative estimate of drug-likeness (QED) is 0.792. The lowest BCUT2D eigenvalue weighted by molar-refractivity contribution is 0.0690. The van der Waals surface area contributed by atoms with Crippen LogP contribution in [0.25, 0.3) is 11.1 Å². The average Bonchev–Trinajstić information content (AvgIpc) is 2.47. The Kier molecular flexibility index (Phi) is 4.13. The molecule has 4 nitrogen and oxygen atoms in total. The molecule has 0 radical (unpaired) electrons. The topological polar surface area (TPSA) is 77.8 Å². The number of aromatic carboxylic acids is 1. The maximum absolute atomic E-state index is 11.1. The molecule has 0 aromatic heterocycles. The van der Waals surface area contributed by atoms with Crippen LogP contribution in [0.1, 0.15) is 43.1 Å². The van der Waals surface area contributed by atoms with E-state index < -0.39 is 23.0 Å². The van der Waals surface area contributed by atoms with Gasteiger partial charge in [0, 0.05) is 5.56 Å². The smallest absolute Gasteiger partial charge is 0.343 e. The molecule has 0 heterocycles. The third-order valence-electron chi connectivity index (χ3n) is 4.23. The van der Waals surface area contributed by atoms with Crippen LogP contribution in [-0.2, 0) is 5.41 Å². The predicted molar refractivity (Wildman–Crippen MR) is 85.5 cm³/mol. The van der Waals surface area contributed by atoms with Crippen LogP contribution in [0.15, 0.2) is 36.4 Å². The Labute approximate surface area is 129 Å². The third kappa shape index (κ3) is 2.77. The van der Waals surface area contributed by atoms with Crippen molar-refractivity contribution in [1.29, 1.82) is 0 Å². The summed E-state index contributed by atoms with van der Waals surface area (Å²) < 4.78 is 0. The molecule has 0 unspecified atom stereocenters. The molecule has 0 aliphatic heterocycles. The highest BCUT2D eigenvalue weighted by Crippen LogP contribution is 2.38. The maximum atomic E-state index is 11.1. The molecule has 0 aliphatic rings. The SMILES string of the molecule is CCC(C)(C)c1ccc(-c2ccc(O)c(C(=O)O)c2O)cc1. The van der Waals surface area contributed by atoms with Crippen molar-refractivity contribution in [2.24, 2.45) is 0 Å². The fraction of sp³-hybridized carbons (Fsp3) is 0.278. The van der Waals surface area contributed by atoms with E-state index in [4.69, 9.17) is 5.11 Å². The summed E-state index contributed by atoms with van der Waals surface area (Å²) in [5.41, 5.74) is 1.85. The summed E-state index contributed by atoms with van der Waals surface area (Å²) in [6.45, 7) is 6.43. The highest BCUT2D eigenvalue weighted by molar-refractivity contribution is 5.97. The lowest BCUT2D eigenvalue weighted by Crippen LogP contribution is -2.14. The molecule has 2 rings (SSSR count). The maximum Gasteiger partial charge on any atom is 0.343 e. The molecule has 2 aromatic carbocycles. The van der Waals surface area contributed by atoms with E-state index in [0.29, 0.717) is 11.1 Å². The molecule has 0 saturated carbocycles. The molecule has 22 heavy (non-hydrogen) atoms. The number of carbonyl (C=O) groups is 1. The van der Waals surface area contributed by atoms with E-state index in [1.807, 2.05) is 24.3 Å². The highest BCUT2D eigenvalue weighted by atomic mass is 16.4. The van der Waals surface area contributed by atoms with Crippen LogP contribution < -0.4 is 0 Å². The van der Waals surface area contributed by atoms with E-state index in [1.165, 1.54) is 17.7 Å². The van der Waals surface area contributed by atoms with Crippen molar-refractivity contribution in [1.82, 2.24) is 0 Å². The van der Waals surface area contributed by atoms with Gasteiger partial charge in [-0.2, -0.15) is 0 Å². The van der Waals surface area contributed by atoms with Crippen molar-refractivity contribution in [2.45, 2.75) is 32.6 Å². The third-order valence-corrected chi connectivity index (χ3v) is 4.23. The van der Waals surface area contributed by atoms with Gasteiger partial charge in [-0.3, -0.25) is 0 Å². The van der Waals surface area contributed by atoms with Crippen molar-refractivity contribution in [3.8, 4) is 22.6 Å². The van der Waals surface area contributed by atoms with Crippen LogP contribution in [0.3, 0.4) is 0 Å². The number of aromatic hydroxyl groups is 2. The van der Waals surface area contributed by atoms with Crippen LogP contribution in [-0.4, -0.2) is 21.3 Å². The van der Waals surface area contributed by atoms with Crippen LogP contribution >= 0.6 is 0 Å². The molecule has 116 valence electrons. The molecule has 3 N–H and O–H groups in total. The summed E-state index contributed by atoms with van der Waals surface area (Å²) in [6.07, 6.45) is 1.000. The van der Waals surface area contributed by atoms with Crippen LogP contribution in [0.4, 0.5) is 0 Å². The molecular weight excluding hydrogens is 280 g/mol. The zero-order valence-electron chi connectivity index (χ0n) is 12.9. The molecule has 0 spiro atoms. The summed E-state index contributed by atoms with van der Waals surface area (Å²) >= 11 is 0. The minimum absolute atomic E-state index is 0.0573. The second kappa shape index (κ2) is 5.72. The van der Waals surface area contributed by atoms with E-state index in [2.05, 4.69) is 20.8 Å². The largest absolute Gasteiger partial charge is 0.507 e. The van der Waals surface area contributed by atoms with Gasteiger partial charge in [-0.1, -0.05) is 45.0 Å². The van der Waals surface area contributed by atoms with E-state index in [1.54, 1.807) is 0 Å². The molecular formula is C18H20O4. The van der Waals surface area contributed by atoms with Gasteiger partial charge < -0.3 is 15.3 Å². The lowest BCUT2D eigenvalue weighted by atomic mass is 9.82. The standard InChI is InChI=1S/C18H20O4/c1-4-18(2,3)12-7-5-11(6-8-12)13-9-10-14(19)15(16(13)20)17(21)22/h5-10,19-20H,4H2,1-3H3,(H,21,22). The van der Waals surface area contributed by atoms with E-state index in [-0.39, 0.29) is 5.41 Å². The Morgan fingerprint density at radius 3 is 2.14 bits per heavy atom. The van der Waals surface area contributed by atoms with Crippen molar-refractivity contribution in [2.75, 3.05) is 0 Å². The normalized spacial score (nSPS) is 11.4. The Morgan fingerprint density at radius 1 is 1.05 bits per heavy atom. The first-order valence-electron chi connectivity index (χ1n) is 7.17. The minimum Gasteiger partial charge on any atom is -0.507 e. The molecule has 0 bridgehead atoms. The zero-order chi connectivity index (χ0) is 16.5. The van der Waals surface area contributed by atoms with E-state index in [9.17, 15) is 15.0 Å². The molecule has 4 heteroatoms. The van der Waals surface area contributed by atoms with Gasteiger partial charge in [0.15, 0.2) is 0 Å². The summed E-state index contributed by atoms with van der Waals surface area (Å²) in [7, 11) is 0.